The number of hydrogen-bond acceptors (Lipinski definition) is 16. The predicted octanol–water partition coefficient (Wildman–Crippen LogP) is 6.48. The minimum atomic E-state index is -2.15. The number of nitrogens with zero attached hydrogens (tertiary/aromatic N) is 3. The van der Waals surface area contributed by atoms with E-state index in [0.717, 1.165) is 54.8 Å². The Labute approximate surface area is 334 Å². The molecule has 0 radical (unpaired) electrons. The quantitative estimate of drug-likeness (QED) is 0.136. The lowest BCUT2D eigenvalue weighted by atomic mass is 9.86. The summed E-state index contributed by atoms with van der Waals surface area (Å²) in [6.07, 6.45) is 3.93. The van der Waals surface area contributed by atoms with Crippen LogP contribution >= 0.6 is 22.7 Å². The third kappa shape index (κ3) is 9.35. The number of rotatable bonds is 13. The Bertz CT molecular complexity index is 1960. The van der Waals surface area contributed by atoms with Crippen molar-refractivity contribution in [2.24, 2.45) is 0 Å². The van der Waals surface area contributed by atoms with Gasteiger partial charge in [-0.05, 0) is 109 Å². The zero-order valence-corrected chi connectivity index (χ0v) is 34.3. The van der Waals surface area contributed by atoms with Gasteiger partial charge >= 0.3 is 23.9 Å². The minimum absolute atomic E-state index is 0.109. The van der Waals surface area contributed by atoms with Crippen LogP contribution in [-0.4, -0.2) is 96.7 Å². The Hall–Kier alpha value is -4.54. The van der Waals surface area contributed by atoms with Crippen LogP contribution in [0.3, 0.4) is 0 Å². The maximum atomic E-state index is 15.1. The highest BCUT2D eigenvalue weighted by atomic mass is 32.1. The molecule has 2 aromatic heterocycles. The van der Waals surface area contributed by atoms with E-state index in [2.05, 4.69) is 14.9 Å². The van der Waals surface area contributed by atoms with E-state index in [4.69, 9.17) is 33.2 Å². The van der Waals surface area contributed by atoms with Gasteiger partial charge in [-0.25, -0.2) is 24.4 Å². The first kappa shape index (κ1) is 41.1. The maximum absolute atomic E-state index is 15.1. The van der Waals surface area contributed by atoms with Crippen molar-refractivity contribution < 1.29 is 52.3 Å². The number of aryl methyl sites for hydroxylation is 2. The standard InChI is InChI=1S/C40H49N3O11S2/c1-24-34(55-21-41-24)36(45)53-39(3,4)13-10-14-40(19-32(44)49-6,54-37(46)35-25(2)42-22-56-35)38(47)52-33-28-20-43(15-9-7-8-11-29(33)48-5)16-12-26-17-30-31(18-27(26)28)51-23-50-30/h11,17-18,21-22,28,33H,7-10,12-16,19-20,23H2,1-6H3/b29-11+/t28-,33+,40-/m1/s1. The van der Waals surface area contributed by atoms with Crippen LogP contribution in [0.15, 0.2) is 35.0 Å². The molecule has 0 amide bonds. The first-order valence-electron chi connectivity index (χ1n) is 18.8. The van der Waals surface area contributed by atoms with Crippen LogP contribution in [0.2, 0.25) is 0 Å². The normalized spacial score (nSPS) is 21.2. The van der Waals surface area contributed by atoms with Crippen molar-refractivity contribution in [1.82, 2.24) is 14.9 Å². The summed E-state index contributed by atoms with van der Waals surface area (Å²) in [5.41, 5.74) is 2.87. The van der Waals surface area contributed by atoms with Gasteiger partial charge in [0.15, 0.2) is 17.6 Å². The summed E-state index contributed by atoms with van der Waals surface area (Å²) in [5.74, 6) is -1.79. The number of fused-ring (bicyclic) bond motifs is 5. The van der Waals surface area contributed by atoms with Gasteiger partial charge in [0, 0.05) is 19.0 Å². The number of thiazole rings is 2. The summed E-state index contributed by atoms with van der Waals surface area (Å²) >= 11 is 2.25. The first-order chi connectivity index (χ1) is 26.8. The van der Waals surface area contributed by atoms with Crippen LogP contribution in [0.25, 0.3) is 0 Å². The average molecular weight is 812 g/mol. The molecule has 0 saturated carbocycles. The number of carbonyl (C=O) groups is 4. The number of aromatic nitrogens is 2. The highest BCUT2D eigenvalue weighted by Gasteiger charge is 2.50. The lowest BCUT2D eigenvalue weighted by Crippen LogP contribution is -2.49. The van der Waals surface area contributed by atoms with Crippen LogP contribution in [-0.2, 0) is 39.7 Å². The molecule has 16 heteroatoms. The molecule has 3 aromatic rings. The second-order valence-corrected chi connectivity index (χ2v) is 16.6. The summed E-state index contributed by atoms with van der Waals surface area (Å²) < 4.78 is 41.3. The fraction of sp³-hybridized carbons (Fsp3) is 0.550. The molecular formula is C40H49N3O11S2. The zero-order chi connectivity index (χ0) is 40.0. The number of benzene rings is 1. The van der Waals surface area contributed by atoms with Crippen molar-refractivity contribution in [3.63, 3.8) is 0 Å². The summed E-state index contributed by atoms with van der Waals surface area (Å²) in [6, 6.07) is 3.95. The molecule has 0 spiro atoms. The molecule has 1 aromatic carbocycles. The van der Waals surface area contributed by atoms with Crippen molar-refractivity contribution in [3.8, 4) is 11.5 Å². The van der Waals surface area contributed by atoms with Gasteiger partial charge in [-0.1, -0.05) is 0 Å². The van der Waals surface area contributed by atoms with E-state index < -0.39 is 53.5 Å². The average Bonchev–Trinajstić information content (AvgIpc) is 3.90. The van der Waals surface area contributed by atoms with Crippen molar-refractivity contribution >= 4 is 46.6 Å². The number of hydrogen-bond donors (Lipinski definition) is 0. The molecule has 5 heterocycles. The van der Waals surface area contributed by atoms with Gasteiger partial charge in [-0.3, -0.25) is 4.79 Å². The SMILES string of the molecule is COC(=O)C[C@@](CCCC(C)(C)OC(=O)c1scnc1C)(OC(=O)c1scnc1C)C(=O)O[C@@H]1/C(OC)=C\CCCCN2CCc3cc4c(cc3[C@H]1C2)OCO4. The van der Waals surface area contributed by atoms with Crippen LogP contribution in [0.1, 0.15) is 107 Å². The summed E-state index contributed by atoms with van der Waals surface area (Å²) in [6.45, 7) is 9.19. The molecule has 0 aliphatic carbocycles. The molecule has 1 unspecified atom stereocenters. The maximum Gasteiger partial charge on any atom is 0.351 e. The van der Waals surface area contributed by atoms with Gasteiger partial charge < -0.3 is 38.1 Å². The Kier molecular flexibility index (Phi) is 13.0. The van der Waals surface area contributed by atoms with E-state index in [1.54, 1.807) is 40.3 Å². The van der Waals surface area contributed by atoms with E-state index in [-0.39, 0.29) is 30.9 Å². The smallest absolute Gasteiger partial charge is 0.351 e. The van der Waals surface area contributed by atoms with E-state index in [9.17, 15) is 14.4 Å². The van der Waals surface area contributed by atoms with Crippen LogP contribution in [0, 0.1) is 13.8 Å². The topological polar surface area (TPSA) is 162 Å². The molecule has 4 atom stereocenters. The predicted molar refractivity (Wildman–Crippen MR) is 206 cm³/mol. The van der Waals surface area contributed by atoms with E-state index in [1.165, 1.54) is 24.0 Å². The summed E-state index contributed by atoms with van der Waals surface area (Å²) in [5, 5.41) is 0. The molecule has 0 fully saturated rings. The molecular weight excluding hydrogens is 763 g/mol. The Morgan fingerprint density at radius 2 is 1.59 bits per heavy atom. The van der Waals surface area contributed by atoms with Crippen molar-refractivity contribution in [1.29, 1.82) is 0 Å². The van der Waals surface area contributed by atoms with Gasteiger partial charge in [-0.2, -0.15) is 0 Å². The Balaban J connectivity index is 1.37. The van der Waals surface area contributed by atoms with Crippen molar-refractivity contribution in [2.45, 2.75) is 102 Å². The number of carbonyl (C=O) groups excluding carboxylic acids is 4. The molecule has 302 valence electrons. The first-order valence-corrected chi connectivity index (χ1v) is 20.5. The molecule has 6 rings (SSSR count). The Morgan fingerprint density at radius 1 is 0.911 bits per heavy atom. The van der Waals surface area contributed by atoms with Crippen molar-refractivity contribution in [2.75, 3.05) is 40.6 Å². The lowest BCUT2D eigenvalue weighted by molar-refractivity contribution is -0.179. The number of allylic oxidation sites excluding steroid dienone is 1. The monoisotopic (exact) mass is 811 g/mol. The summed E-state index contributed by atoms with van der Waals surface area (Å²) in [4.78, 5) is 66.6. The Morgan fingerprint density at radius 3 is 2.23 bits per heavy atom. The second-order valence-electron chi connectivity index (χ2n) is 14.9. The van der Waals surface area contributed by atoms with E-state index in [1.807, 2.05) is 18.2 Å². The fourth-order valence-electron chi connectivity index (χ4n) is 7.43. The zero-order valence-electron chi connectivity index (χ0n) is 32.7. The van der Waals surface area contributed by atoms with Gasteiger partial charge in [0.1, 0.15) is 21.1 Å². The second kappa shape index (κ2) is 17.7. The number of methoxy groups -OCH3 is 2. The molecule has 3 aliphatic heterocycles. The lowest BCUT2D eigenvalue weighted by Gasteiger charge is -2.36. The van der Waals surface area contributed by atoms with E-state index in [0.29, 0.717) is 46.5 Å². The third-order valence-corrected chi connectivity index (χ3v) is 12.3. The molecule has 3 aliphatic rings. The minimum Gasteiger partial charge on any atom is -0.497 e. The molecule has 14 nitrogen and oxygen atoms in total. The van der Waals surface area contributed by atoms with Gasteiger partial charge in [0.2, 0.25) is 12.4 Å². The van der Waals surface area contributed by atoms with Gasteiger partial charge in [-0.15, -0.1) is 22.7 Å². The number of esters is 4. The number of ether oxygens (including phenoxy) is 7. The van der Waals surface area contributed by atoms with Gasteiger partial charge in [0.25, 0.3) is 0 Å². The molecule has 2 bridgehead atoms. The van der Waals surface area contributed by atoms with E-state index >= 15 is 4.79 Å². The van der Waals surface area contributed by atoms with Crippen molar-refractivity contribution in [3.05, 3.63) is 67.3 Å². The van der Waals surface area contributed by atoms with Gasteiger partial charge in [0.05, 0.1) is 43.0 Å². The largest absolute Gasteiger partial charge is 0.497 e. The molecule has 0 N–H and O–H groups in total. The molecule has 56 heavy (non-hydrogen) atoms. The fourth-order valence-corrected chi connectivity index (χ4v) is 8.79. The van der Waals surface area contributed by atoms with Crippen LogP contribution < -0.4 is 9.47 Å². The third-order valence-electron chi connectivity index (χ3n) is 10.5. The highest BCUT2D eigenvalue weighted by molar-refractivity contribution is 7.12. The summed E-state index contributed by atoms with van der Waals surface area (Å²) in [7, 11) is 2.74. The van der Waals surface area contributed by atoms with Crippen LogP contribution in [0.4, 0.5) is 0 Å². The molecule has 0 saturated heterocycles. The van der Waals surface area contributed by atoms with Crippen LogP contribution in [0.5, 0.6) is 11.5 Å². The highest BCUT2D eigenvalue weighted by Crippen LogP contribution is 2.43.